The molecule has 1 unspecified atom stereocenters. The van der Waals surface area contributed by atoms with E-state index in [0.717, 1.165) is 0 Å². The zero-order chi connectivity index (χ0) is 14.0. The van der Waals surface area contributed by atoms with E-state index in [4.69, 9.17) is 5.73 Å². The van der Waals surface area contributed by atoms with E-state index in [1.807, 2.05) is 20.8 Å². The summed E-state index contributed by atoms with van der Waals surface area (Å²) in [4.78, 5) is 0. The minimum atomic E-state index is -4.68. The number of hydrogen-bond acceptors (Lipinski definition) is 2. The maximum Gasteiger partial charge on any atom is 0.573 e. The predicted molar refractivity (Wildman–Crippen MR) is 64.1 cm³/mol. The van der Waals surface area contributed by atoms with Gasteiger partial charge >= 0.3 is 6.36 Å². The van der Waals surface area contributed by atoms with E-state index in [1.165, 1.54) is 18.2 Å². The van der Waals surface area contributed by atoms with Gasteiger partial charge in [0.25, 0.3) is 0 Å². The molecule has 18 heavy (non-hydrogen) atoms. The van der Waals surface area contributed by atoms with Crippen molar-refractivity contribution in [2.24, 2.45) is 11.7 Å². The Hall–Kier alpha value is -1.23. The molecular weight excluding hydrogens is 243 g/mol. The third-order valence-corrected chi connectivity index (χ3v) is 3.22. The van der Waals surface area contributed by atoms with Gasteiger partial charge in [0.05, 0.1) is 0 Å². The molecule has 1 aromatic carbocycles. The fourth-order valence-corrected chi connectivity index (χ4v) is 1.93. The van der Waals surface area contributed by atoms with E-state index in [-0.39, 0.29) is 11.7 Å². The molecule has 1 aromatic rings. The number of halogens is 3. The van der Waals surface area contributed by atoms with Gasteiger partial charge in [0.1, 0.15) is 5.75 Å². The molecule has 2 N–H and O–H groups in total. The van der Waals surface area contributed by atoms with Gasteiger partial charge in [-0.2, -0.15) is 0 Å². The van der Waals surface area contributed by atoms with Gasteiger partial charge in [-0.15, -0.1) is 13.2 Å². The van der Waals surface area contributed by atoms with E-state index >= 15 is 0 Å². The van der Waals surface area contributed by atoms with Gasteiger partial charge < -0.3 is 10.5 Å². The van der Waals surface area contributed by atoms with Crippen LogP contribution in [0.5, 0.6) is 5.75 Å². The highest BCUT2D eigenvalue weighted by molar-refractivity contribution is 5.33. The minimum Gasteiger partial charge on any atom is -0.406 e. The Bertz CT molecular complexity index is 403. The molecule has 0 bridgehead atoms. The second kappa shape index (κ2) is 5.18. The molecule has 0 aliphatic rings. The molecule has 0 saturated carbocycles. The molecule has 1 atom stereocenters. The molecule has 0 aliphatic carbocycles. The Morgan fingerprint density at radius 3 is 2.33 bits per heavy atom. The molecule has 1 rings (SSSR count). The van der Waals surface area contributed by atoms with E-state index in [9.17, 15) is 13.2 Å². The Morgan fingerprint density at radius 1 is 1.28 bits per heavy atom. The lowest BCUT2D eigenvalue weighted by molar-refractivity contribution is -0.274. The Balaban J connectivity index is 3.08. The summed E-state index contributed by atoms with van der Waals surface area (Å²) in [5.74, 6) is -0.118. The van der Waals surface area contributed by atoms with Crippen LogP contribution in [-0.2, 0) is 5.54 Å². The highest BCUT2D eigenvalue weighted by atomic mass is 19.4. The molecule has 0 aliphatic heterocycles. The molecular formula is C13H18F3NO. The van der Waals surface area contributed by atoms with Crippen molar-refractivity contribution in [3.05, 3.63) is 29.8 Å². The van der Waals surface area contributed by atoms with Crippen molar-refractivity contribution < 1.29 is 17.9 Å². The van der Waals surface area contributed by atoms with Gasteiger partial charge in [-0.05, 0) is 30.0 Å². The van der Waals surface area contributed by atoms with Crippen molar-refractivity contribution >= 4 is 0 Å². The smallest absolute Gasteiger partial charge is 0.406 e. The summed E-state index contributed by atoms with van der Waals surface area (Å²) in [6.45, 7) is 5.80. The number of alkyl halides is 3. The second-order valence-corrected chi connectivity index (χ2v) is 4.62. The number of benzene rings is 1. The fraction of sp³-hybridized carbons (Fsp3) is 0.538. The Kier molecular flexibility index (Phi) is 4.27. The summed E-state index contributed by atoms with van der Waals surface area (Å²) in [7, 11) is 0. The molecule has 0 saturated heterocycles. The number of hydrogen-bond donors (Lipinski definition) is 1. The monoisotopic (exact) mass is 261 g/mol. The van der Waals surface area contributed by atoms with Gasteiger partial charge in [0, 0.05) is 5.54 Å². The molecule has 0 aromatic heterocycles. The molecule has 0 heterocycles. The van der Waals surface area contributed by atoms with Crippen LogP contribution in [0.3, 0.4) is 0 Å². The van der Waals surface area contributed by atoms with Crippen LogP contribution < -0.4 is 10.5 Å². The number of rotatable bonds is 4. The zero-order valence-electron chi connectivity index (χ0n) is 10.7. The molecule has 0 radical (unpaired) electrons. The molecule has 0 amide bonds. The van der Waals surface area contributed by atoms with Crippen molar-refractivity contribution in [2.75, 3.05) is 0 Å². The lowest BCUT2D eigenvalue weighted by atomic mass is 9.79. The van der Waals surface area contributed by atoms with Crippen LogP contribution in [0.15, 0.2) is 24.3 Å². The van der Waals surface area contributed by atoms with Crippen LogP contribution in [-0.4, -0.2) is 6.36 Å². The third kappa shape index (κ3) is 3.38. The third-order valence-electron chi connectivity index (χ3n) is 3.22. The maximum absolute atomic E-state index is 12.2. The van der Waals surface area contributed by atoms with Crippen molar-refractivity contribution in [1.29, 1.82) is 0 Å². The lowest BCUT2D eigenvalue weighted by Gasteiger charge is -2.33. The van der Waals surface area contributed by atoms with E-state index in [0.29, 0.717) is 12.0 Å². The average molecular weight is 261 g/mol. The van der Waals surface area contributed by atoms with Crippen molar-refractivity contribution in [2.45, 2.75) is 39.1 Å². The zero-order valence-corrected chi connectivity index (χ0v) is 10.7. The van der Waals surface area contributed by atoms with E-state index in [2.05, 4.69) is 4.74 Å². The lowest BCUT2D eigenvalue weighted by Crippen LogP contribution is -2.41. The van der Waals surface area contributed by atoms with Crippen molar-refractivity contribution in [3.8, 4) is 5.75 Å². The van der Waals surface area contributed by atoms with Crippen LogP contribution in [0.1, 0.15) is 32.8 Å². The summed E-state index contributed by atoms with van der Waals surface area (Å²) in [5, 5.41) is 0. The number of nitrogens with two attached hydrogens (primary N) is 1. The van der Waals surface area contributed by atoms with Crippen LogP contribution in [0.2, 0.25) is 0 Å². The summed E-state index contributed by atoms with van der Waals surface area (Å²) in [5.41, 5.74) is 6.26. The Labute approximate surface area is 105 Å². The highest BCUT2D eigenvalue weighted by Crippen LogP contribution is 2.33. The van der Waals surface area contributed by atoms with Gasteiger partial charge in [0.2, 0.25) is 0 Å². The largest absolute Gasteiger partial charge is 0.573 e. The van der Waals surface area contributed by atoms with Gasteiger partial charge in [-0.3, -0.25) is 0 Å². The first kappa shape index (κ1) is 14.8. The first-order chi connectivity index (χ1) is 8.19. The quantitative estimate of drug-likeness (QED) is 0.894. The number of ether oxygens (including phenoxy) is 1. The van der Waals surface area contributed by atoms with Crippen LogP contribution in [0.4, 0.5) is 13.2 Å². The summed E-state index contributed by atoms with van der Waals surface area (Å²) in [6, 6.07) is 5.88. The summed E-state index contributed by atoms with van der Waals surface area (Å²) in [6.07, 6.45) is -4.04. The standard InChI is InChI=1S/C13H18F3NO/c1-4-12(17,9(2)3)10-6-5-7-11(8-10)18-13(14,15)16/h5-9H,4,17H2,1-3H3. The summed E-state index contributed by atoms with van der Waals surface area (Å²) >= 11 is 0. The van der Waals surface area contributed by atoms with Gasteiger partial charge in [0.15, 0.2) is 0 Å². The van der Waals surface area contributed by atoms with Crippen LogP contribution >= 0.6 is 0 Å². The SMILES string of the molecule is CCC(N)(c1cccc(OC(F)(F)F)c1)C(C)C. The fourth-order valence-electron chi connectivity index (χ4n) is 1.93. The normalized spacial score (nSPS) is 15.6. The molecule has 102 valence electrons. The topological polar surface area (TPSA) is 35.2 Å². The van der Waals surface area contributed by atoms with E-state index in [1.54, 1.807) is 6.07 Å². The highest BCUT2D eigenvalue weighted by Gasteiger charge is 2.33. The first-order valence-corrected chi connectivity index (χ1v) is 5.84. The molecule has 2 nitrogen and oxygen atoms in total. The van der Waals surface area contributed by atoms with Gasteiger partial charge in [-0.1, -0.05) is 32.9 Å². The Morgan fingerprint density at radius 2 is 1.89 bits per heavy atom. The minimum absolute atomic E-state index is 0.114. The predicted octanol–water partition coefficient (Wildman–Crippen LogP) is 3.81. The first-order valence-electron chi connectivity index (χ1n) is 5.84. The maximum atomic E-state index is 12.2. The van der Waals surface area contributed by atoms with Crippen LogP contribution in [0, 0.1) is 5.92 Å². The second-order valence-electron chi connectivity index (χ2n) is 4.62. The van der Waals surface area contributed by atoms with Gasteiger partial charge in [-0.25, -0.2) is 0 Å². The van der Waals surface area contributed by atoms with Crippen LogP contribution in [0.25, 0.3) is 0 Å². The molecule has 0 spiro atoms. The van der Waals surface area contributed by atoms with Crippen molar-refractivity contribution in [1.82, 2.24) is 0 Å². The van der Waals surface area contributed by atoms with Crippen molar-refractivity contribution in [3.63, 3.8) is 0 Å². The molecule has 5 heteroatoms. The summed E-state index contributed by atoms with van der Waals surface area (Å²) < 4.78 is 40.4. The average Bonchev–Trinajstić information content (AvgIpc) is 2.25. The van der Waals surface area contributed by atoms with E-state index < -0.39 is 11.9 Å². The molecule has 0 fully saturated rings.